The highest BCUT2D eigenvalue weighted by Crippen LogP contribution is 2.22. The number of benzene rings is 2. The fraction of sp³-hybridized carbons (Fsp3) is 0.278. The van der Waals surface area contributed by atoms with Crippen LogP contribution in [0.25, 0.3) is 0 Å². The second-order valence-corrected chi connectivity index (χ2v) is 5.45. The van der Waals surface area contributed by atoms with Crippen LogP contribution in [0.1, 0.15) is 17.2 Å². The van der Waals surface area contributed by atoms with Crippen molar-refractivity contribution in [2.75, 3.05) is 27.7 Å². The number of ether oxygens (including phenoxy) is 1. The number of aliphatic imine (C=N–C) groups is 1. The molecule has 2 rings (SSSR count). The summed E-state index contributed by atoms with van der Waals surface area (Å²) in [4.78, 5) is 6.38. The number of halogens is 1. The van der Waals surface area contributed by atoms with Gasteiger partial charge in [0.05, 0.1) is 19.7 Å². The van der Waals surface area contributed by atoms with Crippen LogP contribution in [0.4, 0.5) is 4.39 Å². The van der Waals surface area contributed by atoms with Gasteiger partial charge < -0.3 is 14.7 Å². The van der Waals surface area contributed by atoms with Crippen molar-refractivity contribution in [1.29, 1.82) is 0 Å². The molecule has 0 saturated carbocycles. The molecular formula is C18H21FN2O2. The maximum atomic E-state index is 13.4. The number of likely N-dealkylation sites (N-methyl/N-ethyl adjacent to an activating group) is 1. The first-order valence-corrected chi connectivity index (χ1v) is 7.30. The molecule has 0 bridgehead atoms. The van der Waals surface area contributed by atoms with E-state index in [1.807, 2.05) is 25.1 Å². The first kappa shape index (κ1) is 17.0. The van der Waals surface area contributed by atoms with Gasteiger partial charge in [-0.05, 0) is 50.0 Å². The van der Waals surface area contributed by atoms with Gasteiger partial charge in [-0.25, -0.2) is 4.39 Å². The molecule has 2 aromatic carbocycles. The lowest BCUT2D eigenvalue weighted by Gasteiger charge is -2.23. The summed E-state index contributed by atoms with van der Waals surface area (Å²) in [6.07, 6.45) is 1.60. The summed E-state index contributed by atoms with van der Waals surface area (Å²) in [7, 11) is 5.42. The molecule has 0 unspecified atom stereocenters. The van der Waals surface area contributed by atoms with Crippen LogP contribution >= 0.6 is 0 Å². The van der Waals surface area contributed by atoms with E-state index in [1.165, 1.54) is 12.1 Å². The zero-order valence-corrected chi connectivity index (χ0v) is 13.5. The molecule has 4 nitrogen and oxygen atoms in total. The molecule has 0 fully saturated rings. The van der Waals surface area contributed by atoms with E-state index in [1.54, 1.807) is 37.6 Å². The van der Waals surface area contributed by atoms with Crippen LogP contribution in [0.3, 0.4) is 0 Å². The Morgan fingerprint density at radius 1 is 1.26 bits per heavy atom. The van der Waals surface area contributed by atoms with Crippen LogP contribution in [0.15, 0.2) is 47.5 Å². The molecule has 2 aromatic rings. The SMILES string of the molecule is COc1ccc(O)c(C=NC[C@H](c2cccc(F)c2)N(C)C)c1. The summed E-state index contributed by atoms with van der Waals surface area (Å²) in [5.41, 5.74) is 1.45. The molecule has 1 N–H and O–H groups in total. The Hall–Kier alpha value is -2.40. The fourth-order valence-electron chi connectivity index (χ4n) is 2.29. The van der Waals surface area contributed by atoms with Crippen molar-refractivity contribution in [3.8, 4) is 11.5 Å². The van der Waals surface area contributed by atoms with E-state index in [4.69, 9.17) is 4.74 Å². The standard InChI is InChI=1S/C18H21FN2O2/c1-21(2)17(13-5-4-6-15(19)9-13)12-20-11-14-10-16(23-3)7-8-18(14)22/h4-11,17,22H,12H2,1-3H3/t17-/m1/s1. The number of nitrogens with zero attached hydrogens (tertiary/aromatic N) is 2. The molecule has 23 heavy (non-hydrogen) atoms. The molecule has 0 aliphatic carbocycles. The van der Waals surface area contributed by atoms with Gasteiger partial charge in [0.2, 0.25) is 0 Å². The van der Waals surface area contributed by atoms with Crippen LogP contribution < -0.4 is 4.74 Å². The van der Waals surface area contributed by atoms with Gasteiger partial charge in [-0.3, -0.25) is 4.99 Å². The van der Waals surface area contributed by atoms with Gasteiger partial charge in [-0.1, -0.05) is 12.1 Å². The van der Waals surface area contributed by atoms with E-state index < -0.39 is 0 Å². The zero-order valence-electron chi connectivity index (χ0n) is 13.5. The third kappa shape index (κ3) is 4.53. The van der Waals surface area contributed by atoms with Gasteiger partial charge in [0.1, 0.15) is 17.3 Å². The monoisotopic (exact) mass is 316 g/mol. The molecule has 122 valence electrons. The molecular weight excluding hydrogens is 295 g/mol. The molecule has 1 atom stereocenters. The molecule has 0 aromatic heterocycles. The van der Waals surface area contributed by atoms with Crippen LogP contribution in [0, 0.1) is 5.82 Å². The highest BCUT2D eigenvalue weighted by molar-refractivity contribution is 5.84. The summed E-state index contributed by atoms with van der Waals surface area (Å²) in [6.45, 7) is 0.451. The van der Waals surface area contributed by atoms with E-state index in [-0.39, 0.29) is 17.6 Å². The Morgan fingerprint density at radius 2 is 2.04 bits per heavy atom. The number of methoxy groups -OCH3 is 1. The molecule has 0 aliphatic heterocycles. The van der Waals surface area contributed by atoms with Gasteiger partial charge in [-0.15, -0.1) is 0 Å². The van der Waals surface area contributed by atoms with E-state index in [0.29, 0.717) is 17.9 Å². The van der Waals surface area contributed by atoms with Crippen molar-refractivity contribution in [2.45, 2.75) is 6.04 Å². The van der Waals surface area contributed by atoms with Crippen molar-refractivity contribution >= 4 is 6.21 Å². The molecule has 0 saturated heterocycles. The van der Waals surface area contributed by atoms with Crippen LogP contribution in [0.5, 0.6) is 11.5 Å². The van der Waals surface area contributed by atoms with Crippen molar-refractivity contribution in [2.24, 2.45) is 4.99 Å². The predicted molar refractivity (Wildman–Crippen MR) is 89.9 cm³/mol. The van der Waals surface area contributed by atoms with Gasteiger partial charge in [0.25, 0.3) is 0 Å². The first-order valence-electron chi connectivity index (χ1n) is 7.30. The Bertz CT molecular complexity index is 686. The lowest BCUT2D eigenvalue weighted by molar-refractivity contribution is 0.306. The molecule has 0 amide bonds. The average Bonchev–Trinajstić information content (AvgIpc) is 2.52. The minimum absolute atomic E-state index is 0.0466. The minimum Gasteiger partial charge on any atom is -0.507 e. The third-order valence-electron chi connectivity index (χ3n) is 3.60. The molecule has 0 heterocycles. The molecule has 0 radical (unpaired) electrons. The Morgan fingerprint density at radius 3 is 2.70 bits per heavy atom. The average molecular weight is 316 g/mol. The maximum Gasteiger partial charge on any atom is 0.124 e. The summed E-state index contributed by atoms with van der Waals surface area (Å²) in [6, 6.07) is 11.4. The normalized spacial score (nSPS) is 12.7. The third-order valence-corrected chi connectivity index (χ3v) is 3.60. The Kier molecular flexibility index (Phi) is 5.71. The minimum atomic E-state index is -0.260. The van der Waals surface area contributed by atoms with Gasteiger partial charge >= 0.3 is 0 Å². The predicted octanol–water partition coefficient (Wildman–Crippen LogP) is 3.26. The van der Waals surface area contributed by atoms with E-state index in [2.05, 4.69) is 4.99 Å². The van der Waals surface area contributed by atoms with Gasteiger partial charge in [0, 0.05) is 11.8 Å². The van der Waals surface area contributed by atoms with E-state index >= 15 is 0 Å². The van der Waals surface area contributed by atoms with E-state index in [9.17, 15) is 9.50 Å². The lowest BCUT2D eigenvalue weighted by Crippen LogP contribution is -2.22. The van der Waals surface area contributed by atoms with Crippen LogP contribution in [-0.2, 0) is 0 Å². The zero-order chi connectivity index (χ0) is 16.8. The van der Waals surface area contributed by atoms with Crippen molar-refractivity contribution < 1.29 is 14.2 Å². The lowest BCUT2D eigenvalue weighted by atomic mass is 10.1. The van der Waals surface area contributed by atoms with Crippen molar-refractivity contribution in [1.82, 2.24) is 4.90 Å². The Balaban J connectivity index is 2.16. The number of aromatic hydroxyl groups is 1. The van der Waals surface area contributed by atoms with Crippen molar-refractivity contribution in [3.63, 3.8) is 0 Å². The van der Waals surface area contributed by atoms with E-state index in [0.717, 1.165) is 5.56 Å². The maximum absolute atomic E-state index is 13.4. The van der Waals surface area contributed by atoms with Crippen LogP contribution in [-0.4, -0.2) is 44.0 Å². The van der Waals surface area contributed by atoms with Crippen molar-refractivity contribution in [3.05, 3.63) is 59.4 Å². The topological polar surface area (TPSA) is 45.1 Å². The summed E-state index contributed by atoms with van der Waals surface area (Å²) in [5.74, 6) is 0.531. The quantitative estimate of drug-likeness (QED) is 0.832. The fourth-order valence-corrected chi connectivity index (χ4v) is 2.29. The number of phenolic OH excluding ortho intramolecular Hbond substituents is 1. The summed E-state index contributed by atoms with van der Waals surface area (Å²) >= 11 is 0. The number of rotatable bonds is 6. The molecule has 0 spiro atoms. The molecule has 0 aliphatic rings. The smallest absolute Gasteiger partial charge is 0.124 e. The van der Waals surface area contributed by atoms with Gasteiger partial charge in [-0.2, -0.15) is 0 Å². The summed E-state index contributed by atoms with van der Waals surface area (Å²) < 4.78 is 18.5. The second-order valence-electron chi connectivity index (χ2n) is 5.45. The molecule has 5 heteroatoms. The highest BCUT2D eigenvalue weighted by atomic mass is 19.1. The first-order chi connectivity index (χ1) is 11.0. The largest absolute Gasteiger partial charge is 0.507 e. The van der Waals surface area contributed by atoms with Crippen LogP contribution in [0.2, 0.25) is 0 Å². The number of hydrogen-bond acceptors (Lipinski definition) is 4. The second kappa shape index (κ2) is 7.74. The number of phenols is 1. The number of hydrogen-bond donors (Lipinski definition) is 1. The Labute approximate surface area is 135 Å². The summed E-state index contributed by atoms with van der Waals surface area (Å²) in [5, 5.41) is 9.85. The highest BCUT2D eigenvalue weighted by Gasteiger charge is 2.13. The van der Waals surface area contributed by atoms with Gasteiger partial charge in [0.15, 0.2) is 0 Å².